The first kappa shape index (κ1) is 25.9. The number of amides is 1. The number of nitrogens with one attached hydrogen (secondary N) is 1. The number of rotatable bonds is 15. The number of unbranched alkanes of at least 4 members (excludes halogenated alkanes) is 4. The molecule has 0 saturated heterocycles. The Kier molecular flexibility index (Phi) is 16.9. The molecule has 0 bridgehead atoms. The molecule has 1 atom stereocenters. The Hall–Kier alpha value is -2.10. The first-order chi connectivity index (χ1) is 13.5. The topological polar surface area (TPSA) is 55.4 Å². The minimum Gasteiger partial charge on any atom is -0.336 e. The van der Waals surface area contributed by atoms with Crippen LogP contribution in [0.15, 0.2) is 48.6 Å². The van der Waals surface area contributed by atoms with Gasteiger partial charge in [0, 0.05) is 11.5 Å². The molecule has 0 aromatic rings. The Morgan fingerprint density at radius 3 is 2.14 bits per heavy atom. The predicted octanol–water partition coefficient (Wildman–Crippen LogP) is 6.36. The Labute approximate surface area is 171 Å². The number of hydrogen-bond acceptors (Lipinski definition) is 3. The molecular formula is C24H39NO3. The van der Waals surface area contributed by atoms with Gasteiger partial charge in [0.15, 0.2) is 0 Å². The van der Waals surface area contributed by atoms with Gasteiger partial charge < -0.3 is 4.84 Å². The summed E-state index contributed by atoms with van der Waals surface area (Å²) in [5.41, 5.74) is 2.51. The summed E-state index contributed by atoms with van der Waals surface area (Å²) in [6.07, 6.45) is 23.6. The van der Waals surface area contributed by atoms with Gasteiger partial charge >= 0.3 is 5.97 Å². The minimum atomic E-state index is -0.597. The summed E-state index contributed by atoms with van der Waals surface area (Å²) in [6.45, 7) is 9.15. The lowest BCUT2D eigenvalue weighted by Gasteiger charge is -2.14. The molecule has 0 fully saturated rings. The quantitative estimate of drug-likeness (QED) is 0.153. The van der Waals surface area contributed by atoms with Crippen LogP contribution >= 0.6 is 0 Å². The Morgan fingerprint density at radius 1 is 0.929 bits per heavy atom. The number of hydrogen-bond donors (Lipinski definition) is 1. The van der Waals surface area contributed by atoms with Crippen LogP contribution in [0.2, 0.25) is 0 Å². The molecular weight excluding hydrogens is 350 g/mol. The maximum atomic E-state index is 12.0. The molecule has 0 aromatic heterocycles. The third-order valence-electron chi connectivity index (χ3n) is 4.41. The zero-order chi connectivity index (χ0) is 21.0. The molecule has 0 aliphatic carbocycles. The lowest BCUT2D eigenvalue weighted by Crippen LogP contribution is -2.32. The summed E-state index contributed by atoms with van der Waals surface area (Å²) >= 11 is 0. The minimum absolute atomic E-state index is 0.114. The van der Waals surface area contributed by atoms with E-state index < -0.39 is 5.97 Å². The molecule has 0 radical (unpaired) electrons. The fourth-order valence-corrected chi connectivity index (χ4v) is 2.62. The highest BCUT2D eigenvalue weighted by molar-refractivity contribution is 5.88. The van der Waals surface area contributed by atoms with Crippen LogP contribution in [-0.4, -0.2) is 11.9 Å². The van der Waals surface area contributed by atoms with Crippen molar-refractivity contribution < 1.29 is 14.4 Å². The van der Waals surface area contributed by atoms with Crippen molar-refractivity contribution in [3.63, 3.8) is 0 Å². The summed E-state index contributed by atoms with van der Waals surface area (Å²) in [5, 5.41) is 0. The lowest BCUT2D eigenvalue weighted by atomic mass is 9.97. The van der Waals surface area contributed by atoms with Crippen molar-refractivity contribution in [1.82, 2.24) is 5.48 Å². The van der Waals surface area contributed by atoms with Crippen molar-refractivity contribution in [1.29, 1.82) is 0 Å². The Morgan fingerprint density at radius 2 is 1.54 bits per heavy atom. The van der Waals surface area contributed by atoms with Crippen molar-refractivity contribution in [3.8, 4) is 0 Å². The van der Waals surface area contributed by atoms with E-state index in [0.29, 0.717) is 0 Å². The second-order valence-electron chi connectivity index (χ2n) is 7.03. The van der Waals surface area contributed by atoms with Crippen molar-refractivity contribution in [2.45, 2.75) is 85.0 Å². The van der Waals surface area contributed by atoms with E-state index in [1.54, 1.807) is 6.92 Å². The van der Waals surface area contributed by atoms with Gasteiger partial charge in [0.05, 0.1) is 0 Å². The molecule has 0 spiro atoms. The standard InChI is InChI=1S/C24H39NO3/c1-5-7-8-9-10-11-12-13-14-15-16-17-18-19-20-22(6-2)23(26)25-28-24(27)21(3)4/h7-8,10-11,13-14,22H,3,5-6,9,12,15-20H2,1-2,4H3,(H,25,26). The molecule has 0 rings (SSSR count). The third-order valence-corrected chi connectivity index (χ3v) is 4.41. The van der Waals surface area contributed by atoms with Gasteiger partial charge in [-0.25, -0.2) is 4.79 Å². The molecule has 0 aromatic carbocycles. The number of allylic oxidation sites excluding steroid dienone is 6. The number of hydroxylamine groups is 1. The van der Waals surface area contributed by atoms with Crippen LogP contribution in [0.5, 0.6) is 0 Å². The van der Waals surface area contributed by atoms with E-state index in [0.717, 1.165) is 51.4 Å². The predicted molar refractivity (Wildman–Crippen MR) is 117 cm³/mol. The summed E-state index contributed by atoms with van der Waals surface area (Å²) < 4.78 is 0. The molecule has 0 aliphatic rings. The van der Waals surface area contributed by atoms with Crippen LogP contribution in [-0.2, 0) is 14.4 Å². The van der Waals surface area contributed by atoms with Gasteiger partial charge in [0.1, 0.15) is 0 Å². The van der Waals surface area contributed by atoms with E-state index >= 15 is 0 Å². The fraction of sp³-hybridized carbons (Fsp3) is 0.583. The SMILES string of the molecule is C=C(C)C(=O)ONC(=O)C(CC)CCCCCCC=CCC=CCC=CCC. The van der Waals surface area contributed by atoms with E-state index in [9.17, 15) is 9.59 Å². The zero-order valence-electron chi connectivity index (χ0n) is 18.0. The fourth-order valence-electron chi connectivity index (χ4n) is 2.62. The maximum absolute atomic E-state index is 12.0. The lowest BCUT2D eigenvalue weighted by molar-refractivity contribution is -0.156. The van der Waals surface area contributed by atoms with E-state index in [1.807, 2.05) is 6.92 Å². The molecule has 0 saturated carbocycles. The van der Waals surface area contributed by atoms with Crippen molar-refractivity contribution in [3.05, 3.63) is 48.6 Å². The second kappa shape index (κ2) is 18.3. The first-order valence-electron chi connectivity index (χ1n) is 10.6. The summed E-state index contributed by atoms with van der Waals surface area (Å²) in [6, 6.07) is 0. The van der Waals surface area contributed by atoms with Crippen LogP contribution in [0, 0.1) is 5.92 Å². The van der Waals surface area contributed by atoms with Crippen molar-refractivity contribution in [2.24, 2.45) is 5.92 Å². The Bertz CT molecular complexity index is 532. The highest BCUT2D eigenvalue weighted by Gasteiger charge is 2.17. The van der Waals surface area contributed by atoms with Crippen molar-refractivity contribution in [2.75, 3.05) is 0 Å². The largest absolute Gasteiger partial charge is 0.358 e. The normalized spacial score (nSPS) is 12.7. The van der Waals surface area contributed by atoms with Crippen molar-refractivity contribution >= 4 is 11.9 Å². The molecule has 4 heteroatoms. The maximum Gasteiger partial charge on any atom is 0.358 e. The zero-order valence-corrected chi connectivity index (χ0v) is 18.0. The summed E-state index contributed by atoms with van der Waals surface area (Å²) in [5.74, 6) is -0.935. The average Bonchev–Trinajstić information content (AvgIpc) is 2.68. The van der Waals surface area contributed by atoms with E-state index in [4.69, 9.17) is 4.84 Å². The smallest absolute Gasteiger partial charge is 0.336 e. The van der Waals surface area contributed by atoms with Crippen LogP contribution in [0.1, 0.15) is 85.0 Å². The molecule has 0 heterocycles. The third kappa shape index (κ3) is 15.0. The van der Waals surface area contributed by atoms with Gasteiger partial charge in [0.25, 0.3) is 5.91 Å². The van der Waals surface area contributed by atoms with Gasteiger partial charge in [-0.05, 0) is 51.9 Å². The van der Waals surface area contributed by atoms with Gasteiger partial charge in [-0.15, -0.1) is 0 Å². The van der Waals surface area contributed by atoms with Gasteiger partial charge in [-0.3, -0.25) is 4.79 Å². The second-order valence-corrected chi connectivity index (χ2v) is 7.03. The van der Waals surface area contributed by atoms with Gasteiger partial charge in [-0.1, -0.05) is 76.1 Å². The Balaban J connectivity index is 3.72. The number of carbonyl (C=O) groups excluding carboxylic acids is 2. The molecule has 1 unspecified atom stereocenters. The van der Waals surface area contributed by atoms with Crippen LogP contribution in [0.25, 0.3) is 0 Å². The molecule has 1 N–H and O–H groups in total. The van der Waals surface area contributed by atoms with E-state index in [-0.39, 0.29) is 17.4 Å². The van der Waals surface area contributed by atoms with Crippen LogP contribution < -0.4 is 5.48 Å². The molecule has 0 aliphatic heterocycles. The number of carbonyl (C=O) groups is 2. The molecule has 4 nitrogen and oxygen atoms in total. The van der Waals surface area contributed by atoms with Gasteiger partial charge in [-0.2, -0.15) is 5.48 Å². The monoisotopic (exact) mass is 389 g/mol. The molecule has 28 heavy (non-hydrogen) atoms. The van der Waals surface area contributed by atoms with Gasteiger partial charge in [0.2, 0.25) is 0 Å². The average molecular weight is 390 g/mol. The molecule has 158 valence electrons. The van der Waals surface area contributed by atoms with Crippen LogP contribution in [0.4, 0.5) is 0 Å². The van der Waals surface area contributed by atoms with E-state index in [1.165, 1.54) is 12.8 Å². The highest BCUT2D eigenvalue weighted by atomic mass is 16.7. The highest BCUT2D eigenvalue weighted by Crippen LogP contribution is 2.15. The molecule has 1 amide bonds. The summed E-state index contributed by atoms with van der Waals surface area (Å²) in [7, 11) is 0. The first-order valence-corrected chi connectivity index (χ1v) is 10.6. The van der Waals surface area contributed by atoms with Crippen LogP contribution in [0.3, 0.4) is 0 Å². The summed E-state index contributed by atoms with van der Waals surface area (Å²) in [4.78, 5) is 28.1. The van der Waals surface area contributed by atoms with E-state index in [2.05, 4.69) is 55.4 Å².